The summed E-state index contributed by atoms with van der Waals surface area (Å²) in [4.78, 5) is 22.3. The molecule has 1 aromatic rings. The topological polar surface area (TPSA) is 84.3 Å². The van der Waals surface area contributed by atoms with E-state index in [2.05, 4.69) is 10.9 Å². The molecule has 0 radical (unpaired) electrons. The average Bonchev–Trinajstić information content (AvgIpc) is 2.24. The number of aryl methyl sites for hydroxylation is 1. The standard InChI is InChI=1S/C12H17N3O3/c1-8-6-5-7-9(10(8)15(17)18)11(16)13-14-12(2,3)4/h5-7,14H,1-4H3,(H,13,16). The highest BCUT2D eigenvalue weighted by atomic mass is 16.6. The van der Waals surface area contributed by atoms with Crippen LogP contribution in [0.25, 0.3) is 0 Å². The van der Waals surface area contributed by atoms with Crippen molar-refractivity contribution in [3.63, 3.8) is 0 Å². The Morgan fingerprint density at radius 2 is 1.94 bits per heavy atom. The smallest absolute Gasteiger partial charge is 0.285 e. The number of nitro benzene ring substituents is 1. The van der Waals surface area contributed by atoms with Gasteiger partial charge in [0.25, 0.3) is 11.6 Å². The number of rotatable bonds is 3. The first-order valence-electron chi connectivity index (χ1n) is 5.54. The van der Waals surface area contributed by atoms with Crippen LogP contribution in [0.2, 0.25) is 0 Å². The first-order chi connectivity index (χ1) is 8.22. The summed E-state index contributed by atoms with van der Waals surface area (Å²) >= 11 is 0. The van der Waals surface area contributed by atoms with Crippen LogP contribution in [0.1, 0.15) is 36.7 Å². The quantitative estimate of drug-likeness (QED) is 0.635. The lowest BCUT2D eigenvalue weighted by Gasteiger charge is -2.20. The van der Waals surface area contributed by atoms with E-state index in [0.717, 1.165) is 0 Å². The molecule has 0 unspecified atom stereocenters. The van der Waals surface area contributed by atoms with Crippen molar-refractivity contribution in [2.24, 2.45) is 0 Å². The number of hydrogen-bond acceptors (Lipinski definition) is 4. The van der Waals surface area contributed by atoms with Crippen molar-refractivity contribution in [1.29, 1.82) is 0 Å². The number of nitro groups is 1. The Labute approximate surface area is 106 Å². The van der Waals surface area contributed by atoms with Gasteiger partial charge in [0.2, 0.25) is 0 Å². The van der Waals surface area contributed by atoms with Crippen molar-refractivity contribution < 1.29 is 9.72 Å². The van der Waals surface area contributed by atoms with E-state index in [4.69, 9.17) is 0 Å². The molecule has 0 aromatic heterocycles. The lowest BCUT2D eigenvalue weighted by Crippen LogP contribution is -2.48. The predicted octanol–water partition coefficient (Wildman–Crippen LogP) is 1.94. The molecular weight excluding hydrogens is 234 g/mol. The largest absolute Gasteiger partial charge is 0.287 e. The molecule has 2 N–H and O–H groups in total. The minimum absolute atomic E-state index is 0.0525. The van der Waals surface area contributed by atoms with Crippen LogP contribution in [0.15, 0.2) is 18.2 Å². The van der Waals surface area contributed by atoms with Gasteiger partial charge in [-0.25, -0.2) is 5.43 Å². The van der Waals surface area contributed by atoms with Crippen molar-refractivity contribution in [2.45, 2.75) is 33.2 Å². The predicted molar refractivity (Wildman–Crippen MR) is 68.2 cm³/mol. The Balaban J connectivity index is 3.00. The van der Waals surface area contributed by atoms with Crippen LogP contribution in [0.5, 0.6) is 0 Å². The molecule has 1 rings (SSSR count). The second-order valence-electron chi connectivity index (χ2n) is 5.06. The summed E-state index contributed by atoms with van der Waals surface area (Å²) in [5.41, 5.74) is 5.29. The molecular formula is C12H17N3O3. The molecule has 0 heterocycles. The van der Waals surface area contributed by atoms with Crippen molar-refractivity contribution in [2.75, 3.05) is 0 Å². The first kappa shape index (κ1) is 14.1. The van der Waals surface area contributed by atoms with Crippen LogP contribution < -0.4 is 10.9 Å². The Kier molecular flexibility index (Phi) is 4.03. The number of para-hydroxylation sites is 1. The molecule has 6 nitrogen and oxygen atoms in total. The van der Waals surface area contributed by atoms with Gasteiger partial charge in [-0.05, 0) is 33.8 Å². The first-order valence-corrected chi connectivity index (χ1v) is 5.54. The van der Waals surface area contributed by atoms with Gasteiger partial charge in [-0.2, -0.15) is 0 Å². The van der Waals surface area contributed by atoms with Gasteiger partial charge >= 0.3 is 0 Å². The van der Waals surface area contributed by atoms with Crippen LogP contribution in [0.4, 0.5) is 5.69 Å². The molecule has 0 bridgehead atoms. The Morgan fingerprint density at radius 1 is 1.33 bits per heavy atom. The summed E-state index contributed by atoms with van der Waals surface area (Å²) in [5, 5.41) is 11.0. The Morgan fingerprint density at radius 3 is 2.44 bits per heavy atom. The zero-order valence-electron chi connectivity index (χ0n) is 10.9. The van der Waals surface area contributed by atoms with Crippen molar-refractivity contribution in [3.8, 4) is 0 Å². The maximum absolute atomic E-state index is 11.9. The van der Waals surface area contributed by atoms with Crippen LogP contribution in [-0.4, -0.2) is 16.4 Å². The van der Waals surface area contributed by atoms with E-state index in [1.165, 1.54) is 6.07 Å². The molecule has 0 aliphatic rings. The molecule has 0 fully saturated rings. The van der Waals surface area contributed by atoms with Crippen molar-refractivity contribution in [1.82, 2.24) is 10.9 Å². The number of amides is 1. The van der Waals surface area contributed by atoms with Gasteiger partial charge < -0.3 is 0 Å². The van der Waals surface area contributed by atoms with E-state index in [1.54, 1.807) is 19.1 Å². The number of nitrogens with zero attached hydrogens (tertiary/aromatic N) is 1. The van der Waals surface area contributed by atoms with E-state index >= 15 is 0 Å². The Hall–Kier alpha value is -1.95. The molecule has 18 heavy (non-hydrogen) atoms. The van der Waals surface area contributed by atoms with E-state index in [0.29, 0.717) is 5.56 Å². The number of carbonyl (C=O) groups is 1. The SMILES string of the molecule is Cc1cccc(C(=O)NNC(C)(C)C)c1[N+](=O)[O-]. The molecule has 0 saturated carbocycles. The minimum Gasteiger partial charge on any atom is -0.287 e. The summed E-state index contributed by atoms with van der Waals surface area (Å²) in [6, 6.07) is 4.66. The van der Waals surface area contributed by atoms with Gasteiger partial charge in [0.05, 0.1) is 4.92 Å². The maximum atomic E-state index is 11.9. The zero-order valence-corrected chi connectivity index (χ0v) is 10.9. The van der Waals surface area contributed by atoms with E-state index < -0.39 is 10.8 Å². The molecule has 0 aliphatic heterocycles. The van der Waals surface area contributed by atoms with Gasteiger partial charge in [-0.1, -0.05) is 12.1 Å². The summed E-state index contributed by atoms with van der Waals surface area (Å²) in [7, 11) is 0. The number of hydrazine groups is 1. The van der Waals surface area contributed by atoms with Crippen LogP contribution >= 0.6 is 0 Å². The van der Waals surface area contributed by atoms with Gasteiger partial charge in [0.1, 0.15) is 5.56 Å². The number of carbonyl (C=O) groups excluding carboxylic acids is 1. The lowest BCUT2D eigenvalue weighted by molar-refractivity contribution is -0.385. The number of nitrogens with one attached hydrogen (secondary N) is 2. The van der Waals surface area contributed by atoms with Crippen LogP contribution in [-0.2, 0) is 0 Å². The third-order valence-electron chi connectivity index (χ3n) is 2.22. The van der Waals surface area contributed by atoms with Gasteiger partial charge in [0, 0.05) is 11.1 Å². The number of benzene rings is 1. The summed E-state index contributed by atoms with van der Waals surface area (Å²) in [5.74, 6) is -0.514. The molecule has 0 saturated heterocycles. The normalized spacial score (nSPS) is 11.1. The second kappa shape index (κ2) is 5.14. The van der Waals surface area contributed by atoms with Crippen molar-refractivity contribution in [3.05, 3.63) is 39.4 Å². The third-order valence-corrected chi connectivity index (χ3v) is 2.22. The lowest BCUT2D eigenvalue weighted by atomic mass is 10.1. The Bertz CT molecular complexity index is 478. The monoisotopic (exact) mass is 251 g/mol. The molecule has 0 aliphatic carbocycles. The minimum atomic E-state index is -0.540. The summed E-state index contributed by atoms with van der Waals surface area (Å²) < 4.78 is 0. The van der Waals surface area contributed by atoms with Gasteiger partial charge in [-0.3, -0.25) is 20.3 Å². The van der Waals surface area contributed by atoms with Crippen molar-refractivity contribution >= 4 is 11.6 Å². The van der Waals surface area contributed by atoms with E-state index in [-0.39, 0.29) is 16.8 Å². The van der Waals surface area contributed by atoms with Crippen LogP contribution in [0.3, 0.4) is 0 Å². The fourth-order valence-electron chi connectivity index (χ4n) is 1.40. The molecule has 6 heteroatoms. The molecule has 1 aromatic carbocycles. The maximum Gasteiger partial charge on any atom is 0.285 e. The molecule has 1 amide bonds. The fraction of sp³-hybridized carbons (Fsp3) is 0.417. The molecule has 0 atom stereocenters. The highest BCUT2D eigenvalue weighted by Crippen LogP contribution is 2.22. The highest BCUT2D eigenvalue weighted by molar-refractivity contribution is 5.98. The number of hydrogen-bond donors (Lipinski definition) is 2. The van der Waals surface area contributed by atoms with Gasteiger partial charge in [-0.15, -0.1) is 0 Å². The second-order valence-corrected chi connectivity index (χ2v) is 5.06. The van der Waals surface area contributed by atoms with E-state index in [1.807, 2.05) is 20.8 Å². The summed E-state index contributed by atoms with van der Waals surface area (Å²) in [6.07, 6.45) is 0. The third kappa shape index (κ3) is 3.53. The molecule has 0 spiro atoms. The zero-order chi connectivity index (χ0) is 13.9. The van der Waals surface area contributed by atoms with Gasteiger partial charge in [0.15, 0.2) is 0 Å². The summed E-state index contributed by atoms with van der Waals surface area (Å²) in [6.45, 7) is 7.22. The highest BCUT2D eigenvalue weighted by Gasteiger charge is 2.23. The van der Waals surface area contributed by atoms with Crippen LogP contribution in [0, 0.1) is 17.0 Å². The molecule has 98 valence electrons. The van der Waals surface area contributed by atoms with E-state index in [9.17, 15) is 14.9 Å². The fourth-order valence-corrected chi connectivity index (χ4v) is 1.40. The average molecular weight is 251 g/mol.